The van der Waals surface area contributed by atoms with Crippen molar-refractivity contribution in [2.75, 3.05) is 18.4 Å². The van der Waals surface area contributed by atoms with E-state index in [9.17, 15) is 19.2 Å². The normalized spacial score (nSPS) is 20.8. The Labute approximate surface area is 258 Å². The summed E-state index contributed by atoms with van der Waals surface area (Å²) in [5.74, 6) is -1.39. The molecule has 0 spiro atoms. The second-order valence-corrected chi connectivity index (χ2v) is 12.7. The average Bonchev–Trinajstić information content (AvgIpc) is 3.60. The lowest BCUT2D eigenvalue weighted by molar-refractivity contribution is -0.137. The summed E-state index contributed by atoms with van der Waals surface area (Å²) in [6, 6.07) is 17.0. The van der Waals surface area contributed by atoms with E-state index in [1.807, 2.05) is 54.6 Å². The standard InChI is InChI=1S/C34H42N4O6/c1-34(2,3)44-32(41)36-28(24-15-9-5-10-16-24)31(40)37-20-19-27-29(37)26(30(39)35-25-17-11-6-12-18-25)21-38(27)33(42)43-22-23-13-7-4-8-14-23/h4,6-8,11-14,17-19,24,26,28-29H,5,9-10,15-16,20-22H2,1-3H3,(H,35,39)(H,36,41). The number of nitrogens with one attached hydrogen (secondary N) is 2. The van der Waals surface area contributed by atoms with Crippen molar-refractivity contribution in [3.8, 4) is 0 Å². The zero-order chi connectivity index (χ0) is 31.3. The number of benzene rings is 2. The second kappa shape index (κ2) is 13.5. The Hall–Kier alpha value is -4.34. The van der Waals surface area contributed by atoms with Gasteiger partial charge >= 0.3 is 12.2 Å². The molecule has 5 rings (SSSR count). The lowest BCUT2D eigenvalue weighted by Crippen LogP contribution is -2.56. The molecule has 10 heteroatoms. The fourth-order valence-corrected chi connectivity index (χ4v) is 6.33. The Balaban J connectivity index is 1.39. The van der Waals surface area contributed by atoms with Crippen LogP contribution in [-0.4, -0.2) is 64.6 Å². The van der Waals surface area contributed by atoms with E-state index in [1.54, 1.807) is 37.8 Å². The first-order chi connectivity index (χ1) is 21.1. The van der Waals surface area contributed by atoms with Crippen LogP contribution in [0.2, 0.25) is 0 Å². The van der Waals surface area contributed by atoms with Crippen molar-refractivity contribution in [1.29, 1.82) is 0 Å². The summed E-state index contributed by atoms with van der Waals surface area (Å²) in [5.41, 5.74) is 1.30. The number of amides is 4. The number of para-hydroxylation sites is 1. The summed E-state index contributed by atoms with van der Waals surface area (Å²) in [4.78, 5) is 57.5. The van der Waals surface area contributed by atoms with Crippen molar-refractivity contribution in [1.82, 2.24) is 15.1 Å². The maximum Gasteiger partial charge on any atom is 0.414 e. The number of alkyl carbamates (subject to hydrolysis) is 1. The molecule has 1 saturated heterocycles. The monoisotopic (exact) mass is 602 g/mol. The molecular formula is C34H42N4O6. The Kier molecular flexibility index (Phi) is 9.56. The van der Waals surface area contributed by atoms with Crippen LogP contribution in [0.15, 0.2) is 72.4 Å². The molecule has 2 N–H and O–H groups in total. The minimum atomic E-state index is -0.810. The highest BCUT2D eigenvalue weighted by atomic mass is 16.6. The summed E-state index contributed by atoms with van der Waals surface area (Å²) in [7, 11) is 0. The summed E-state index contributed by atoms with van der Waals surface area (Å²) in [6.45, 7) is 5.68. The van der Waals surface area contributed by atoms with Gasteiger partial charge in [-0.1, -0.05) is 67.8 Å². The molecule has 2 aromatic rings. The molecule has 2 fully saturated rings. The summed E-state index contributed by atoms with van der Waals surface area (Å²) >= 11 is 0. The minimum absolute atomic E-state index is 0.0557. The van der Waals surface area contributed by atoms with Crippen LogP contribution in [0.1, 0.15) is 58.4 Å². The molecule has 3 aliphatic rings. The fourth-order valence-electron chi connectivity index (χ4n) is 6.33. The number of ether oxygens (including phenoxy) is 2. The van der Waals surface area contributed by atoms with E-state index in [4.69, 9.17) is 9.47 Å². The smallest absolute Gasteiger partial charge is 0.414 e. The van der Waals surface area contributed by atoms with Gasteiger partial charge in [0, 0.05) is 24.5 Å². The molecule has 234 valence electrons. The molecule has 1 saturated carbocycles. The third kappa shape index (κ3) is 7.41. The van der Waals surface area contributed by atoms with Gasteiger partial charge in [0.05, 0.1) is 12.0 Å². The molecule has 0 radical (unpaired) electrons. The molecule has 2 aliphatic heterocycles. The summed E-state index contributed by atoms with van der Waals surface area (Å²) in [5, 5.41) is 5.83. The van der Waals surface area contributed by atoms with Gasteiger partial charge in [-0.05, 0) is 63.3 Å². The van der Waals surface area contributed by atoms with Gasteiger partial charge in [0.1, 0.15) is 18.2 Å². The lowest BCUT2D eigenvalue weighted by Gasteiger charge is -2.36. The number of anilines is 1. The van der Waals surface area contributed by atoms with Crippen molar-refractivity contribution in [2.24, 2.45) is 11.8 Å². The van der Waals surface area contributed by atoms with Crippen molar-refractivity contribution in [2.45, 2.75) is 77.2 Å². The minimum Gasteiger partial charge on any atom is -0.444 e. The number of carbonyl (C=O) groups is 4. The number of fused-ring (bicyclic) bond motifs is 1. The number of hydrogen-bond acceptors (Lipinski definition) is 6. The molecule has 0 bridgehead atoms. The van der Waals surface area contributed by atoms with E-state index in [0.29, 0.717) is 11.4 Å². The Bertz CT molecular complexity index is 1370. The van der Waals surface area contributed by atoms with Crippen molar-refractivity contribution < 1.29 is 28.7 Å². The van der Waals surface area contributed by atoms with Crippen LogP contribution in [0.25, 0.3) is 0 Å². The van der Waals surface area contributed by atoms with Crippen LogP contribution >= 0.6 is 0 Å². The third-order valence-electron chi connectivity index (χ3n) is 8.35. The van der Waals surface area contributed by atoms with Gasteiger partial charge in [-0.3, -0.25) is 14.5 Å². The van der Waals surface area contributed by atoms with Gasteiger partial charge in [0.15, 0.2) is 0 Å². The Morgan fingerprint density at radius 3 is 2.25 bits per heavy atom. The molecule has 3 atom stereocenters. The number of nitrogens with zero attached hydrogens (tertiary/aromatic N) is 2. The van der Waals surface area contributed by atoms with Crippen LogP contribution in [0.3, 0.4) is 0 Å². The molecule has 10 nitrogen and oxygen atoms in total. The van der Waals surface area contributed by atoms with E-state index < -0.39 is 35.8 Å². The maximum absolute atomic E-state index is 14.4. The number of hydrogen-bond donors (Lipinski definition) is 2. The molecule has 1 aliphatic carbocycles. The third-order valence-corrected chi connectivity index (χ3v) is 8.35. The quantitative estimate of drug-likeness (QED) is 0.435. The largest absolute Gasteiger partial charge is 0.444 e. The SMILES string of the molecule is CC(C)(C)OC(=O)NC(C(=O)N1CC=C2C1C(C(=O)Nc1ccccc1)CN2C(=O)OCc1ccccc1)C1CCCCC1. The first kappa shape index (κ1) is 31.1. The Morgan fingerprint density at radius 1 is 0.932 bits per heavy atom. The second-order valence-electron chi connectivity index (χ2n) is 12.7. The topological polar surface area (TPSA) is 117 Å². The van der Waals surface area contributed by atoms with E-state index >= 15 is 0 Å². The molecule has 44 heavy (non-hydrogen) atoms. The van der Waals surface area contributed by atoms with E-state index in [2.05, 4.69) is 10.6 Å². The van der Waals surface area contributed by atoms with Crippen LogP contribution < -0.4 is 10.6 Å². The average molecular weight is 603 g/mol. The lowest BCUT2D eigenvalue weighted by atomic mass is 9.83. The molecular weight excluding hydrogens is 560 g/mol. The number of rotatable bonds is 7. The first-order valence-electron chi connectivity index (χ1n) is 15.4. The Morgan fingerprint density at radius 2 is 1.59 bits per heavy atom. The summed E-state index contributed by atoms with van der Waals surface area (Å²) in [6.07, 6.45) is 5.23. The van der Waals surface area contributed by atoms with E-state index in [1.165, 1.54) is 4.90 Å². The number of carbonyl (C=O) groups excluding carboxylic acids is 4. The zero-order valence-corrected chi connectivity index (χ0v) is 25.7. The fraction of sp³-hybridized carbons (Fsp3) is 0.471. The van der Waals surface area contributed by atoms with Gasteiger partial charge < -0.3 is 25.0 Å². The highest BCUT2D eigenvalue weighted by Gasteiger charge is 2.52. The van der Waals surface area contributed by atoms with Crippen LogP contribution in [0.4, 0.5) is 15.3 Å². The van der Waals surface area contributed by atoms with Crippen LogP contribution in [-0.2, 0) is 25.7 Å². The summed E-state index contributed by atoms with van der Waals surface area (Å²) < 4.78 is 11.2. The predicted octanol–water partition coefficient (Wildman–Crippen LogP) is 5.46. The van der Waals surface area contributed by atoms with Crippen LogP contribution in [0, 0.1) is 11.8 Å². The van der Waals surface area contributed by atoms with Crippen molar-refractivity contribution in [3.05, 3.63) is 78.0 Å². The van der Waals surface area contributed by atoms with Crippen LogP contribution in [0.5, 0.6) is 0 Å². The molecule has 3 unspecified atom stereocenters. The molecule has 4 amide bonds. The zero-order valence-electron chi connectivity index (χ0n) is 25.7. The first-order valence-corrected chi connectivity index (χ1v) is 15.4. The predicted molar refractivity (Wildman–Crippen MR) is 165 cm³/mol. The molecule has 0 aromatic heterocycles. The maximum atomic E-state index is 14.4. The van der Waals surface area contributed by atoms with Gasteiger partial charge in [-0.2, -0.15) is 0 Å². The van der Waals surface area contributed by atoms with Crippen molar-refractivity contribution >= 4 is 29.7 Å². The van der Waals surface area contributed by atoms with E-state index in [0.717, 1.165) is 37.7 Å². The highest BCUT2D eigenvalue weighted by Crippen LogP contribution is 2.38. The van der Waals surface area contributed by atoms with Gasteiger partial charge in [0.2, 0.25) is 11.8 Å². The highest BCUT2D eigenvalue weighted by molar-refractivity contribution is 5.96. The van der Waals surface area contributed by atoms with Crippen molar-refractivity contribution in [3.63, 3.8) is 0 Å². The van der Waals surface area contributed by atoms with E-state index in [-0.39, 0.29) is 37.4 Å². The van der Waals surface area contributed by atoms with Gasteiger partial charge in [0.25, 0.3) is 0 Å². The molecule has 2 heterocycles. The van der Waals surface area contributed by atoms with Gasteiger partial charge in [-0.15, -0.1) is 0 Å². The van der Waals surface area contributed by atoms with Gasteiger partial charge in [-0.25, -0.2) is 9.59 Å². The molecule has 2 aromatic carbocycles. The number of likely N-dealkylation sites (tertiary alicyclic amines) is 1.